The zero-order chi connectivity index (χ0) is 29.3. The lowest BCUT2D eigenvalue weighted by molar-refractivity contribution is -0.322. The van der Waals surface area contributed by atoms with Crippen LogP contribution in [0.2, 0.25) is 0 Å². The van der Waals surface area contributed by atoms with E-state index in [4.69, 9.17) is 29.0 Å². The summed E-state index contributed by atoms with van der Waals surface area (Å²) in [7, 11) is 0. The predicted molar refractivity (Wildman–Crippen MR) is 148 cm³/mol. The number of hydrogen-bond acceptors (Lipinski definition) is 8. The van der Waals surface area contributed by atoms with Crippen molar-refractivity contribution in [3.8, 4) is 11.8 Å². The van der Waals surface area contributed by atoms with Crippen LogP contribution in [-0.4, -0.2) is 36.7 Å². The second kappa shape index (κ2) is 17.6. The molecule has 0 unspecified atom stereocenters. The summed E-state index contributed by atoms with van der Waals surface area (Å²) in [6.45, 7) is 20.7. The Balaban J connectivity index is 3.66. The van der Waals surface area contributed by atoms with Crippen molar-refractivity contribution < 1.29 is 38.6 Å². The van der Waals surface area contributed by atoms with Crippen molar-refractivity contribution in [2.75, 3.05) is 13.2 Å². The smallest absolute Gasteiger partial charge is 0.432 e. The van der Waals surface area contributed by atoms with Crippen LogP contribution < -0.4 is 0 Å². The Labute approximate surface area is 231 Å². The molecule has 0 rings (SSSR count). The Kier molecular flexibility index (Phi) is 16.7. The van der Waals surface area contributed by atoms with Gasteiger partial charge in [-0.1, -0.05) is 41.5 Å². The van der Waals surface area contributed by atoms with Crippen LogP contribution in [0.25, 0.3) is 0 Å². The second-order valence-electron chi connectivity index (χ2n) is 13.5. The van der Waals surface area contributed by atoms with Gasteiger partial charge in [0.15, 0.2) is 0 Å². The van der Waals surface area contributed by atoms with E-state index in [1.807, 2.05) is 27.7 Å². The first-order valence-electron chi connectivity index (χ1n) is 13.9. The van der Waals surface area contributed by atoms with Crippen molar-refractivity contribution in [1.29, 1.82) is 0 Å². The Morgan fingerprint density at radius 2 is 0.868 bits per heavy atom. The zero-order valence-electron chi connectivity index (χ0n) is 25.8. The van der Waals surface area contributed by atoms with Crippen molar-refractivity contribution in [2.24, 2.45) is 10.8 Å². The summed E-state index contributed by atoms with van der Waals surface area (Å²) in [5.74, 6) is 6.34. The van der Waals surface area contributed by atoms with Gasteiger partial charge in [-0.3, -0.25) is 9.78 Å². The van der Waals surface area contributed by atoms with Gasteiger partial charge in [-0.05, 0) is 89.9 Å². The summed E-state index contributed by atoms with van der Waals surface area (Å²) in [5.41, 5.74) is -1.02. The number of ether oxygens (including phenoxy) is 2. The Bertz CT molecular complexity index is 672. The molecule has 0 atom stereocenters. The highest BCUT2D eigenvalue weighted by molar-refractivity contribution is 5.59. The fourth-order valence-corrected chi connectivity index (χ4v) is 4.43. The van der Waals surface area contributed by atoms with E-state index in [0.717, 1.165) is 64.2 Å². The molecule has 0 amide bonds. The molecule has 0 heterocycles. The third kappa shape index (κ3) is 24.4. The van der Waals surface area contributed by atoms with Crippen LogP contribution in [0.5, 0.6) is 0 Å². The summed E-state index contributed by atoms with van der Waals surface area (Å²) >= 11 is 0. The predicted octanol–water partition coefficient (Wildman–Crippen LogP) is 8.71. The Morgan fingerprint density at radius 3 is 1.18 bits per heavy atom. The zero-order valence-corrected chi connectivity index (χ0v) is 25.8. The van der Waals surface area contributed by atoms with Crippen LogP contribution >= 0.6 is 0 Å². The number of carbonyl (C=O) groups is 2. The standard InChI is InChI=1S/C30H54O8/c1-27(2,3)23-29(7,8)37-35-25(31)33-21-19-17-15-13-11-12-14-16-18-20-22-34-26(32)36-38-30(9,10)24-28(4,5)6/h13-24H2,1-10H3. The van der Waals surface area contributed by atoms with E-state index in [-0.39, 0.29) is 10.8 Å². The molecule has 0 aliphatic carbocycles. The molecule has 0 bridgehead atoms. The van der Waals surface area contributed by atoms with Crippen LogP contribution in [0.4, 0.5) is 9.59 Å². The van der Waals surface area contributed by atoms with Crippen LogP contribution in [-0.2, 0) is 29.0 Å². The molecule has 0 radical (unpaired) electrons. The largest absolute Gasteiger partial charge is 0.540 e. The van der Waals surface area contributed by atoms with Crippen molar-refractivity contribution >= 4 is 12.3 Å². The number of carbonyl (C=O) groups excluding carboxylic acids is 2. The van der Waals surface area contributed by atoms with Crippen LogP contribution in [0.1, 0.15) is 133 Å². The van der Waals surface area contributed by atoms with E-state index in [2.05, 4.69) is 53.4 Å². The minimum absolute atomic E-state index is 0.0611. The molecule has 0 spiro atoms. The van der Waals surface area contributed by atoms with Crippen LogP contribution in [0.15, 0.2) is 0 Å². The molecule has 0 aliphatic rings. The second-order valence-corrected chi connectivity index (χ2v) is 13.5. The summed E-state index contributed by atoms with van der Waals surface area (Å²) in [4.78, 5) is 43.4. The summed E-state index contributed by atoms with van der Waals surface area (Å²) in [6.07, 6.45) is 6.75. The van der Waals surface area contributed by atoms with Crippen molar-refractivity contribution in [2.45, 2.75) is 145 Å². The van der Waals surface area contributed by atoms with Gasteiger partial charge in [-0.25, -0.2) is 9.59 Å². The van der Waals surface area contributed by atoms with Gasteiger partial charge in [-0.15, -0.1) is 11.8 Å². The summed E-state index contributed by atoms with van der Waals surface area (Å²) in [5, 5.41) is 0. The van der Waals surface area contributed by atoms with Crippen LogP contribution in [0, 0.1) is 22.7 Å². The molecule has 0 N–H and O–H groups in total. The minimum Gasteiger partial charge on any atom is -0.432 e. The summed E-state index contributed by atoms with van der Waals surface area (Å²) < 4.78 is 10.1. The lowest BCUT2D eigenvalue weighted by Gasteiger charge is -2.30. The fourth-order valence-electron chi connectivity index (χ4n) is 4.43. The molecule has 0 saturated heterocycles. The number of hydrogen-bond donors (Lipinski definition) is 0. The molecule has 0 saturated carbocycles. The van der Waals surface area contributed by atoms with Gasteiger partial charge in [0.25, 0.3) is 0 Å². The normalized spacial score (nSPS) is 12.4. The first-order valence-corrected chi connectivity index (χ1v) is 13.9. The molecule has 8 nitrogen and oxygen atoms in total. The minimum atomic E-state index is -0.803. The maximum absolute atomic E-state index is 11.7. The van der Waals surface area contributed by atoms with Crippen LogP contribution in [0.3, 0.4) is 0 Å². The third-order valence-electron chi connectivity index (χ3n) is 5.04. The average molecular weight is 543 g/mol. The van der Waals surface area contributed by atoms with E-state index in [1.54, 1.807) is 0 Å². The van der Waals surface area contributed by atoms with E-state index >= 15 is 0 Å². The molecule has 0 aromatic carbocycles. The average Bonchev–Trinajstić information content (AvgIpc) is 2.73. The van der Waals surface area contributed by atoms with E-state index in [9.17, 15) is 9.59 Å². The molecule has 0 aliphatic heterocycles. The van der Waals surface area contributed by atoms with Gasteiger partial charge in [0.1, 0.15) is 11.2 Å². The maximum Gasteiger partial charge on any atom is 0.540 e. The highest BCUT2D eigenvalue weighted by atomic mass is 17.2. The summed E-state index contributed by atoms with van der Waals surface area (Å²) in [6, 6.07) is 0. The molecule has 0 aromatic heterocycles. The number of rotatable bonds is 16. The van der Waals surface area contributed by atoms with Gasteiger partial charge in [0, 0.05) is 12.8 Å². The molecular weight excluding hydrogens is 488 g/mol. The lowest BCUT2D eigenvalue weighted by atomic mass is 9.84. The third-order valence-corrected chi connectivity index (χ3v) is 5.04. The molecule has 0 aromatic rings. The molecule has 0 fully saturated rings. The quantitative estimate of drug-likeness (QED) is 0.0629. The highest BCUT2D eigenvalue weighted by Gasteiger charge is 2.30. The van der Waals surface area contributed by atoms with Gasteiger partial charge in [-0.2, -0.15) is 9.78 Å². The monoisotopic (exact) mass is 542 g/mol. The highest BCUT2D eigenvalue weighted by Crippen LogP contribution is 2.30. The fraction of sp³-hybridized carbons (Fsp3) is 0.867. The first kappa shape index (κ1) is 36.0. The topological polar surface area (TPSA) is 89.5 Å². The molecule has 38 heavy (non-hydrogen) atoms. The van der Waals surface area contributed by atoms with Crippen molar-refractivity contribution in [3.63, 3.8) is 0 Å². The van der Waals surface area contributed by atoms with E-state index < -0.39 is 23.5 Å². The number of unbranched alkanes of at least 4 members (excludes halogenated alkanes) is 6. The lowest BCUT2D eigenvalue weighted by Crippen LogP contribution is -2.31. The first-order chi connectivity index (χ1) is 17.4. The molecular formula is C30H54O8. The Hall–Kier alpha value is -1.98. The molecule has 222 valence electrons. The van der Waals surface area contributed by atoms with E-state index in [1.165, 1.54) is 0 Å². The van der Waals surface area contributed by atoms with Gasteiger partial charge >= 0.3 is 12.3 Å². The van der Waals surface area contributed by atoms with Gasteiger partial charge in [0.05, 0.1) is 13.2 Å². The molecule has 8 heteroatoms. The van der Waals surface area contributed by atoms with E-state index in [0.29, 0.717) is 13.2 Å². The maximum atomic E-state index is 11.7. The SMILES string of the molecule is CC(C)(C)CC(C)(C)OOC(=O)OCCCCCC#CCCCCCOC(=O)OOC(C)(C)CC(C)(C)C. The van der Waals surface area contributed by atoms with Gasteiger partial charge in [0.2, 0.25) is 0 Å². The Morgan fingerprint density at radius 1 is 0.526 bits per heavy atom. The van der Waals surface area contributed by atoms with Crippen molar-refractivity contribution in [1.82, 2.24) is 0 Å². The van der Waals surface area contributed by atoms with Gasteiger partial charge < -0.3 is 9.47 Å². The van der Waals surface area contributed by atoms with Crippen molar-refractivity contribution in [3.05, 3.63) is 0 Å².